The van der Waals surface area contributed by atoms with Crippen LogP contribution in [0.15, 0.2) is 6.07 Å². The third kappa shape index (κ3) is 2.04. The van der Waals surface area contributed by atoms with Gasteiger partial charge in [0, 0.05) is 6.54 Å². The van der Waals surface area contributed by atoms with E-state index in [0.29, 0.717) is 6.54 Å². The molecule has 88 valence electrons. The highest BCUT2D eigenvalue weighted by atomic mass is 35.5. The molecule has 0 aliphatic carbocycles. The van der Waals surface area contributed by atoms with E-state index >= 15 is 0 Å². The maximum absolute atomic E-state index is 13.6. The summed E-state index contributed by atoms with van der Waals surface area (Å²) in [5.41, 5.74) is 0.0756. The van der Waals surface area contributed by atoms with Crippen LogP contribution in [0.2, 0.25) is 5.02 Å². The van der Waals surface area contributed by atoms with Crippen molar-refractivity contribution in [1.82, 2.24) is 5.32 Å². The molecule has 16 heavy (non-hydrogen) atoms. The summed E-state index contributed by atoms with van der Waals surface area (Å²) in [7, 11) is 0. The smallest absolute Gasteiger partial charge is 0.180 e. The summed E-state index contributed by atoms with van der Waals surface area (Å²) in [4.78, 5) is 0. The Morgan fingerprint density at radius 1 is 1.25 bits per heavy atom. The number of rotatable bonds is 1. The summed E-state index contributed by atoms with van der Waals surface area (Å²) in [5.74, 6) is -3.40. The van der Waals surface area contributed by atoms with Crippen LogP contribution >= 0.6 is 11.6 Å². The van der Waals surface area contributed by atoms with Crippen molar-refractivity contribution in [1.29, 1.82) is 0 Å². The summed E-state index contributed by atoms with van der Waals surface area (Å²) >= 11 is 5.29. The normalized spacial score (nSPS) is 21.1. The molecule has 1 atom stereocenters. The molecule has 2 rings (SSSR count). The second kappa shape index (κ2) is 4.63. The van der Waals surface area contributed by atoms with Crippen molar-refractivity contribution >= 4 is 11.6 Å². The van der Waals surface area contributed by atoms with Gasteiger partial charge in [0.05, 0.1) is 0 Å². The molecule has 0 radical (unpaired) electrons. The molecular formula is C11H11ClF3N. The van der Waals surface area contributed by atoms with Gasteiger partial charge in [-0.1, -0.05) is 11.6 Å². The number of benzene rings is 1. The number of halogens is 4. The van der Waals surface area contributed by atoms with Crippen LogP contribution in [0.1, 0.15) is 24.3 Å². The minimum absolute atomic E-state index is 0.0756. The van der Waals surface area contributed by atoms with Gasteiger partial charge in [-0.3, -0.25) is 0 Å². The van der Waals surface area contributed by atoms with Crippen LogP contribution < -0.4 is 5.32 Å². The predicted molar refractivity (Wildman–Crippen MR) is 56.2 cm³/mol. The average molecular weight is 250 g/mol. The van der Waals surface area contributed by atoms with Crippen LogP contribution in [-0.2, 0) is 0 Å². The van der Waals surface area contributed by atoms with E-state index in [-0.39, 0.29) is 11.5 Å². The van der Waals surface area contributed by atoms with Crippen molar-refractivity contribution in [3.8, 4) is 0 Å². The maximum Gasteiger partial charge on any atom is 0.180 e. The summed E-state index contributed by atoms with van der Waals surface area (Å²) < 4.78 is 40.0. The molecule has 0 aromatic heterocycles. The van der Waals surface area contributed by atoms with Crippen LogP contribution in [0.3, 0.4) is 0 Å². The molecule has 1 nitrogen and oxygen atoms in total. The Bertz CT molecular complexity index is 403. The molecular weight excluding hydrogens is 239 g/mol. The minimum Gasteiger partial charge on any atom is -0.316 e. The Labute approximate surface area is 96.6 Å². The lowest BCUT2D eigenvalue weighted by Gasteiger charge is -2.23. The van der Waals surface area contributed by atoms with E-state index in [2.05, 4.69) is 5.32 Å². The first-order chi connectivity index (χ1) is 7.61. The lowest BCUT2D eigenvalue weighted by Crippen LogP contribution is -2.29. The molecule has 0 amide bonds. The van der Waals surface area contributed by atoms with Gasteiger partial charge in [0.2, 0.25) is 0 Å². The van der Waals surface area contributed by atoms with Gasteiger partial charge < -0.3 is 5.32 Å². The summed E-state index contributed by atoms with van der Waals surface area (Å²) in [6.45, 7) is 1.40. The van der Waals surface area contributed by atoms with Gasteiger partial charge in [-0.15, -0.1) is 0 Å². The minimum atomic E-state index is -1.29. The molecule has 1 heterocycles. The molecule has 0 saturated carbocycles. The molecule has 0 bridgehead atoms. The fraction of sp³-hybridized carbons (Fsp3) is 0.455. The molecule has 1 unspecified atom stereocenters. The lowest BCUT2D eigenvalue weighted by molar-refractivity contribution is 0.425. The molecule has 1 saturated heterocycles. The van der Waals surface area contributed by atoms with Crippen LogP contribution in [0, 0.1) is 17.5 Å². The Hall–Kier alpha value is -0.740. The number of nitrogens with one attached hydrogen (secondary N) is 1. The average Bonchev–Trinajstić information content (AvgIpc) is 2.32. The Balaban J connectivity index is 2.40. The SMILES string of the molecule is Fc1cc(C2CCCNC2)c(F)c(F)c1Cl. The third-order valence-electron chi connectivity index (χ3n) is 2.87. The van der Waals surface area contributed by atoms with E-state index in [0.717, 1.165) is 25.5 Å². The lowest BCUT2D eigenvalue weighted by atomic mass is 9.91. The van der Waals surface area contributed by atoms with Crippen molar-refractivity contribution in [3.05, 3.63) is 34.1 Å². The molecule has 5 heteroatoms. The standard InChI is InChI=1S/C11H11ClF3N/c12-9-8(13)4-7(10(14)11(9)15)6-2-1-3-16-5-6/h4,6,16H,1-3,5H2. The van der Waals surface area contributed by atoms with E-state index in [1.807, 2.05) is 0 Å². The molecule has 1 aliphatic rings. The van der Waals surface area contributed by atoms with Crippen molar-refractivity contribution in [2.45, 2.75) is 18.8 Å². The van der Waals surface area contributed by atoms with Crippen molar-refractivity contribution in [2.75, 3.05) is 13.1 Å². The molecule has 1 aromatic carbocycles. The highest BCUT2D eigenvalue weighted by Gasteiger charge is 2.24. The first-order valence-electron chi connectivity index (χ1n) is 5.15. The Kier molecular flexibility index (Phi) is 3.40. The second-order valence-corrected chi connectivity index (χ2v) is 4.31. The summed E-state index contributed by atoms with van der Waals surface area (Å²) in [6.07, 6.45) is 1.60. The second-order valence-electron chi connectivity index (χ2n) is 3.93. The molecule has 1 fully saturated rings. The number of hydrogen-bond donors (Lipinski definition) is 1. The quantitative estimate of drug-likeness (QED) is 0.595. The Morgan fingerprint density at radius 2 is 2.00 bits per heavy atom. The Morgan fingerprint density at radius 3 is 2.62 bits per heavy atom. The predicted octanol–water partition coefficient (Wildman–Crippen LogP) is 3.22. The summed E-state index contributed by atoms with van der Waals surface area (Å²) in [6, 6.07) is 0.998. The van der Waals surface area contributed by atoms with Gasteiger partial charge >= 0.3 is 0 Å². The van der Waals surface area contributed by atoms with Crippen LogP contribution in [0.4, 0.5) is 13.2 Å². The van der Waals surface area contributed by atoms with Crippen LogP contribution in [-0.4, -0.2) is 13.1 Å². The van der Waals surface area contributed by atoms with Crippen LogP contribution in [0.25, 0.3) is 0 Å². The van der Waals surface area contributed by atoms with Crippen molar-refractivity contribution < 1.29 is 13.2 Å². The largest absolute Gasteiger partial charge is 0.316 e. The van der Waals surface area contributed by atoms with E-state index < -0.39 is 22.5 Å². The highest BCUT2D eigenvalue weighted by molar-refractivity contribution is 6.30. The molecule has 1 aromatic rings. The van der Waals surface area contributed by atoms with Crippen molar-refractivity contribution in [3.63, 3.8) is 0 Å². The van der Waals surface area contributed by atoms with Crippen LogP contribution in [0.5, 0.6) is 0 Å². The molecule has 1 N–H and O–H groups in total. The first-order valence-corrected chi connectivity index (χ1v) is 5.52. The number of hydrogen-bond acceptors (Lipinski definition) is 1. The van der Waals surface area contributed by atoms with Gasteiger partial charge in [0.1, 0.15) is 10.8 Å². The highest BCUT2D eigenvalue weighted by Crippen LogP contribution is 2.31. The fourth-order valence-corrected chi connectivity index (χ4v) is 2.14. The van der Waals surface area contributed by atoms with Gasteiger partial charge in [-0.25, -0.2) is 13.2 Å². The van der Waals surface area contributed by atoms with Gasteiger partial charge in [-0.05, 0) is 36.9 Å². The fourth-order valence-electron chi connectivity index (χ4n) is 2.01. The third-order valence-corrected chi connectivity index (χ3v) is 3.21. The summed E-state index contributed by atoms with van der Waals surface area (Å²) in [5, 5.41) is 2.30. The molecule has 1 aliphatic heterocycles. The van der Waals surface area contributed by atoms with E-state index in [4.69, 9.17) is 11.6 Å². The zero-order valence-electron chi connectivity index (χ0n) is 8.49. The molecule has 0 spiro atoms. The van der Waals surface area contributed by atoms with E-state index in [9.17, 15) is 13.2 Å². The van der Waals surface area contributed by atoms with Crippen molar-refractivity contribution in [2.24, 2.45) is 0 Å². The first kappa shape index (κ1) is 11.7. The zero-order valence-corrected chi connectivity index (χ0v) is 9.25. The van der Waals surface area contributed by atoms with Gasteiger partial charge in [0.25, 0.3) is 0 Å². The van der Waals surface area contributed by atoms with Gasteiger partial charge in [-0.2, -0.15) is 0 Å². The number of piperidine rings is 1. The van der Waals surface area contributed by atoms with Gasteiger partial charge in [0.15, 0.2) is 11.6 Å². The topological polar surface area (TPSA) is 12.0 Å². The monoisotopic (exact) mass is 249 g/mol. The van der Waals surface area contributed by atoms with E-state index in [1.165, 1.54) is 0 Å². The zero-order chi connectivity index (χ0) is 11.7. The maximum atomic E-state index is 13.6. The van der Waals surface area contributed by atoms with E-state index in [1.54, 1.807) is 0 Å².